The van der Waals surface area contributed by atoms with Crippen LogP contribution in [0.15, 0.2) is 29.2 Å². The number of nitro benzene ring substituents is 1. The van der Waals surface area contributed by atoms with Crippen LogP contribution in [-0.4, -0.2) is 61.8 Å². The van der Waals surface area contributed by atoms with Crippen LogP contribution in [0.25, 0.3) is 0 Å². The maximum Gasteiger partial charge on any atom is 0.269 e. The number of hydrogen-bond donors (Lipinski definition) is 4. The van der Waals surface area contributed by atoms with Gasteiger partial charge < -0.3 is 25.2 Å². The lowest BCUT2D eigenvalue weighted by Crippen LogP contribution is -2.57. The number of hydrogen-bond acceptors (Lipinski definition) is 8. The maximum atomic E-state index is 10.6. The third-order valence-corrected chi connectivity index (χ3v) is 4.31. The molecule has 5 atom stereocenters. The highest BCUT2D eigenvalue weighted by Gasteiger charge is 2.43. The average Bonchev–Trinajstić information content (AvgIpc) is 2.48. The maximum absolute atomic E-state index is 10.6. The van der Waals surface area contributed by atoms with Crippen LogP contribution in [0.1, 0.15) is 0 Å². The standard InChI is InChI=1S/C12H15NO7S/c14-5-8-9(15)10(16)11(17)12(20-8)21-7-3-1-6(2-4-7)13(18)19/h1-4,8-12,14-17H,5H2/t8-,9+,10-,11+,12-/m1/s1. The molecule has 0 amide bonds. The van der Waals surface area contributed by atoms with Crippen LogP contribution in [-0.2, 0) is 4.74 Å². The molecule has 4 N–H and O–H groups in total. The van der Waals surface area contributed by atoms with E-state index < -0.39 is 41.4 Å². The fourth-order valence-electron chi connectivity index (χ4n) is 1.95. The number of nitrogens with zero attached hydrogens (tertiary/aromatic N) is 1. The van der Waals surface area contributed by atoms with Crippen LogP contribution < -0.4 is 0 Å². The van der Waals surface area contributed by atoms with Crippen LogP contribution >= 0.6 is 11.8 Å². The number of non-ortho nitro benzene ring substituents is 1. The van der Waals surface area contributed by atoms with E-state index in [-0.39, 0.29) is 5.69 Å². The third kappa shape index (κ3) is 3.51. The van der Waals surface area contributed by atoms with Crippen molar-refractivity contribution in [3.8, 4) is 0 Å². The van der Waals surface area contributed by atoms with E-state index in [1.807, 2.05) is 0 Å². The molecular weight excluding hydrogens is 302 g/mol. The molecule has 0 spiro atoms. The quantitative estimate of drug-likeness (QED) is 0.431. The predicted octanol–water partition coefficient (Wildman–Crippen LogP) is -0.513. The summed E-state index contributed by atoms with van der Waals surface area (Å²) in [6, 6.07) is 5.60. The van der Waals surface area contributed by atoms with Gasteiger partial charge in [-0.1, -0.05) is 11.8 Å². The van der Waals surface area contributed by atoms with Gasteiger partial charge in [-0.15, -0.1) is 0 Å². The van der Waals surface area contributed by atoms with Crippen LogP contribution in [0, 0.1) is 10.1 Å². The van der Waals surface area contributed by atoms with E-state index >= 15 is 0 Å². The fourth-order valence-corrected chi connectivity index (χ4v) is 3.01. The van der Waals surface area contributed by atoms with Crippen molar-refractivity contribution in [2.45, 2.75) is 34.7 Å². The van der Waals surface area contributed by atoms with E-state index in [2.05, 4.69) is 0 Å². The molecule has 1 fully saturated rings. The predicted molar refractivity (Wildman–Crippen MR) is 72.7 cm³/mol. The Morgan fingerprint density at radius 3 is 2.29 bits per heavy atom. The van der Waals surface area contributed by atoms with Gasteiger partial charge in [0, 0.05) is 17.0 Å². The number of aliphatic hydroxyl groups is 4. The summed E-state index contributed by atoms with van der Waals surface area (Å²) in [4.78, 5) is 10.6. The zero-order valence-corrected chi connectivity index (χ0v) is 11.6. The Hall–Kier alpha value is -1.23. The Bertz CT molecular complexity index is 495. The first-order valence-electron chi connectivity index (χ1n) is 6.15. The van der Waals surface area contributed by atoms with Gasteiger partial charge in [0.15, 0.2) is 0 Å². The van der Waals surface area contributed by atoms with Crippen LogP contribution in [0.3, 0.4) is 0 Å². The van der Waals surface area contributed by atoms with E-state index in [1.54, 1.807) is 0 Å². The highest BCUT2D eigenvalue weighted by Crippen LogP contribution is 2.33. The van der Waals surface area contributed by atoms with Gasteiger partial charge >= 0.3 is 0 Å². The summed E-state index contributed by atoms with van der Waals surface area (Å²) >= 11 is 1.04. The smallest absolute Gasteiger partial charge is 0.269 e. The van der Waals surface area contributed by atoms with Crippen LogP contribution in [0.4, 0.5) is 5.69 Å². The van der Waals surface area contributed by atoms with Gasteiger partial charge in [-0.3, -0.25) is 10.1 Å². The second kappa shape index (κ2) is 6.69. The third-order valence-electron chi connectivity index (χ3n) is 3.15. The molecule has 9 heteroatoms. The highest BCUT2D eigenvalue weighted by atomic mass is 32.2. The lowest BCUT2D eigenvalue weighted by molar-refractivity contribution is -0.384. The summed E-state index contributed by atoms with van der Waals surface area (Å²) in [7, 11) is 0. The molecule has 0 saturated carbocycles. The SMILES string of the molecule is O=[N+]([O-])c1ccc(S[C@H]2O[C@H](CO)[C@H](O)[C@@H](O)[C@@H]2O)cc1. The minimum Gasteiger partial charge on any atom is -0.394 e. The van der Waals surface area contributed by atoms with Crippen LogP contribution in [0.5, 0.6) is 0 Å². The zero-order chi connectivity index (χ0) is 15.6. The molecule has 1 aliphatic heterocycles. The van der Waals surface area contributed by atoms with Crippen molar-refractivity contribution in [2.75, 3.05) is 6.61 Å². The molecule has 0 bridgehead atoms. The lowest BCUT2D eigenvalue weighted by atomic mass is 10.0. The zero-order valence-electron chi connectivity index (χ0n) is 10.8. The number of thioether (sulfide) groups is 1. The summed E-state index contributed by atoms with van der Waals surface area (Å²) in [5.41, 5.74) is -0.963. The van der Waals surface area contributed by atoms with Crippen molar-refractivity contribution in [3.05, 3.63) is 34.4 Å². The molecule has 0 radical (unpaired) electrons. The molecule has 8 nitrogen and oxygen atoms in total. The Morgan fingerprint density at radius 1 is 1.14 bits per heavy atom. The van der Waals surface area contributed by atoms with Crippen molar-refractivity contribution in [3.63, 3.8) is 0 Å². The topological polar surface area (TPSA) is 133 Å². The van der Waals surface area contributed by atoms with Gasteiger partial charge in [0.25, 0.3) is 5.69 Å². The fraction of sp³-hybridized carbons (Fsp3) is 0.500. The monoisotopic (exact) mass is 317 g/mol. The van der Waals surface area contributed by atoms with E-state index in [0.29, 0.717) is 4.90 Å². The van der Waals surface area contributed by atoms with Crippen molar-refractivity contribution in [1.29, 1.82) is 0 Å². The van der Waals surface area contributed by atoms with E-state index in [9.17, 15) is 25.4 Å². The first-order valence-corrected chi connectivity index (χ1v) is 7.03. The number of nitro groups is 1. The van der Waals surface area contributed by atoms with Gasteiger partial charge in [0.1, 0.15) is 29.9 Å². The highest BCUT2D eigenvalue weighted by molar-refractivity contribution is 7.99. The molecule has 0 aliphatic carbocycles. The van der Waals surface area contributed by atoms with Crippen molar-refractivity contribution >= 4 is 17.4 Å². The second-order valence-corrected chi connectivity index (χ2v) is 5.74. The summed E-state index contributed by atoms with van der Waals surface area (Å²) in [5, 5.41) is 48.9. The first-order chi connectivity index (χ1) is 9.93. The normalized spacial score (nSPS) is 32.9. The van der Waals surface area contributed by atoms with Gasteiger partial charge in [-0.05, 0) is 12.1 Å². The summed E-state index contributed by atoms with van der Waals surface area (Å²) in [6.07, 6.45) is -5.16. The lowest BCUT2D eigenvalue weighted by Gasteiger charge is -2.39. The molecule has 21 heavy (non-hydrogen) atoms. The molecule has 116 valence electrons. The van der Waals surface area contributed by atoms with Gasteiger partial charge in [-0.25, -0.2) is 0 Å². The Morgan fingerprint density at radius 2 is 1.76 bits per heavy atom. The summed E-state index contributed by atoms with van der Waals surface area (Å²) in [5.74, 6) is 0. The molecule has 1 aromatic carbocycles. The second-order valence-electron chi connectivity index (χ2n) is 4.57. The minimum atomic E-state index is -1.44. The first kappa shape index (κ1) is 16.1. The number of ether oxygens (including phenoxy) is 1. The van der Waals surface area contributed by atoms with Gasteiger partial charge in [-0.2, -0.15) is 0 Å². The summed E-state index contributed by atoms with van der Waals surface area (Å²) < 4.78 is 5.33. The van der Waals surface area contributed by atoms with Crippen LogP contribution in [0.2, 0.25) is 0 Å². The molecule has 0 aromatic heterocycles. The average molecular weight is 317 g/mol. The summed E-state index contributed by atoms with van der Waals surface area (Å²) in [6.45, 7) is -0.498. The molecular formula is C12H15NO7S. The molecule has 1 saturated heterocycles. The molecule has 1 heterocycles. The largest absolute Gasteiger partial charge is 0.394 e. The Labute approximate surface area is 124 Å². The molecule has 2 rings (SSSR count). The van der Waals surface area contributed by atoms with Crippen molar-refractivity contribution in [1.82, 2.24) is 0 Å². The van der Waals surface area contributed by atoms with E-state index in [1.165, 1.54) is 24.3 Å². The van der Waals surface area contributed by atoms with E-state index in [0.717, 1.165) is 11.8 Å². The Kier molecular flexibility index (Phi) is 5.14. The number of rotatable bonds is 4. The minimum absolute atomic E-state index is 0.0619. The number of benzene rings is 1. The molecule has 0 unspecified atom stereocenters. The molecule has 1 aromatic rings. The van der Waals surface area contributed by atoms with E-state index in [4.69, 9.17) is 9.84 Å². The van der Waals surface area contributed by atoms with Crippen molar-refractivity contribution < 1.29 is 30.1 Å². The van der Waals surface area contributed by atoms with Gasteiger partial charge in [0.05, 0.1) is 11.5 Å². The number of aliphatic hydroxyl groups excluding tert-OH is 4. The Balaban J connectivity index is 2.08. The van der Waals surface area contributed by atoms with Crippen molar-refractivity contribution in [2.24, 2.45) is 0 Å². The van der Waals surface area contributed by atoms with Gasteiger partial charge in [0.2, 0.25) is 0 Å². The molecule has 1 aliphatic rings.